The standard InChI is InChI=1S/C19H27N3O4S2.HI/c1-4-20-19(22(2)13-15-8-5-6-9-17(15)26-3)21-12-16(23)14-28(24,25)18-10-7-11-27-18;/h5-11,16,23H,4,12-14H2,1-3H3,(H,20,21);1H. The van der Waals surface area contributed by atoms with Crippen LogP contribution in [0.4, 0.5) is 0 Å². The van der Waals surface area contributed by atoms with Crippen LogP contribution in [0.1, 0.15) is 12.5 Å². The van der Waals surface area contributed by atoms with Gasteiger partial charge in [-0.1, -0.05) is 24.3 Å². The molecule has 0 fully saturated rings. The van der Waals surface area contributed by atoms with Gasteiger partial charge in [0.25, 0.3) is 0 Å². The van der Waals surface area contributed by atoms with Gasteiger partial charge in [-0.25, -0.2) is 8.42 Å². The molecule has 1 unspecified atom stereocenters. The van der Waals surface area contributed by atoms with Crippen LogP contribution in [0.5, 0.6) is 5.75 Å². The summed E-state index contributed by atoms with van der Waals surface area (Å²) in [5, 5.41) is 15.1. The number of nitrogens with one attached hydrogen (secondary N) is 1. The molecule has 0 spiro atoms. The lowest BCUT2D eigenvalue weighted by Crippen LogP contribution is -2.39. The van der Waals surface area contributed by atoms with Gasteiger partial charge in [0, 0.05) is 25.7 Å². The van der Waals surface area contributed by atoms with Gasteiger partial charge >= 0.3 is 0 Å². The molecule has 0 aliphatic heterocycles. The topological polar surface area (TPSA) is 91.2 Å². The predicted molar refractivity (Wildman–Crippen MR) is 128 cm³/mol. The first kappa shape index (κ1) is 25.7. The number of halogens is 1. The lowest BCUT2D eigenvalue weighted by Gasteiger charge is -2.23. The minimum absolute atomic E-state index is 0. The lowest BCUT2D eigenvalue weighted by molar-refractivity contribution is 0.205. The number of aliphatic imine (C=N–C) groups is 1. The number of aliphatic hydroxyl groups is 1. The Balaban J connectivity index is 0.00000420. The van der Waals surface area contributed by atoms with E-state index in [4.69, 9.17) is 4.74 Å². The molecular weight excluding hydrogens is 525 g/mol. The third-order valence-corrected chi connectivity index (χ3v) is 7.25. The van der Waals surface area contributed by atoms with Crippen molar-refractivity contribution < 1.29 is 18.3 Å². The molecule has 2 aromatic rings. The van der Waals surface area contributed by atoms with Crippen LogP contribution in [0.2, 0.25) is 0 Å². The molecule has 7 nitrogen and oxygen atoms in total. The molecule has 0 radical (unpaired) electrons. The predicted octanol–water partition coefficient (Wildman–Crippen LogP) is 2.61. The summed E-state index contributed by atoms with van der Waals surface area (Å²) in [4.78, 5) is 6.31. The molecule has 1 heterocycles. The maximum absolute atomic E-state index is 12.3. The summed E-state index contributed by atoms with van der Waals surface area (Å²) in [6, 6.07) is 10.9. The van der Waals surface area contributed by atoms with E-state index in [9.17, 15) is 13.5 Å². The van der Waals surface area contributed by atoms with Crippen molar-refractivity contribution in [1.82, 2.24) is 10.2 Å². The molecule has 0 aliphatic rings. The Labute approximate surface area is 193 Å². The third kappa shape index (κ3) is 7.76. The number of methoxy groups -OCH3 is 1. The van der Waals surface area contributed by atoms with E-state index in [1.807, 2.05) is 43.1 Å². The molecule has 0 aliphatic carbocycles. The smallest absolute Gasteiger partial charge is 0.194 e. The van der Waals surface area contributed by atoms with Gasteiger partial charge in [-0.3, -0.25) is 4.99 Å². The van der Waals surface area contributed by atoms with Crippen molar-refractivity contribution in [3.05, 3.63) is 47.3 Å². The van der Waals surface area contributed by atoms with Crippen molar-refractivity contribution in [2.24, 2.45) is 4.99 Å². The Morgan fingerprint density at radius 2 is 2.03 bits per heavy atom. The number of aliphatic hydroxyl groups excluding tert-OH is 1. The van der Waals surface area contributed by atoms with Gasteiger partial charge in [0.05, 0.1) is 25.5 Å². The maximum Gasteiger partial charge on any atom is 0.194 e. The second kappa shape index (κ2) is 12.4. The van der Waals surface area contributed by atoms with Crippen LogP contribution in [0.25, 0.3) is 0 Å². The summed E-state index contributed by atoms with van der Waals surface area (Å²) >= 11 is 1.15. The van der Waals surface area contributed by atoms with Crippen LogP contribution in [-0.4, -0.2) is 63.5 Å². The quantitative estimate of drug-likeness (QED) is 0.282. The van der Waals surface area contributed by atoms with Crippen LogP contribution < -0.4 is 10.1 Å². The zero-order valence-corrected chi connectivity index (χ0v) is 20.7. The van der Waals surface area contributed by atoms with Crippen molar-refractivity contribution >= 4 is 51.1 Å². The van der Waals surface area contributed by atoms with E-state index in [0.717, 1.165) is 22.6 Å². The zero-order chi connectivity index (χ0) is 20.6. The monoisotopic (exact) mass is 553 g/mol. The van der Waals surface area contributed by atoms with Gasteiger partial charge in [-0.15, -0.1) is 35.3 Å². The first-order valence-electron chi connectivity index (χ1n) is 8.93. The molecule has 1 atom stereocenters. The Bertz CT molecular complexity index is 873. The highest BCUT2D eigenvalue weighted by atomic mass is 127. The normalized spacial score (nSPS) is 12.8. The van der Waals surface area contributed by atoms with Crippen LogP contribution in [0, 0.1) is 0 Å². The third-order valence-electron chi connectivity index (χ3n) is 3.96. The second-order valence-electron chi connectivity index (χ2n) is 6.23. The van der Waals surface area contributed by atoms with Gasteiger partial charge in [0.2, 0.25) is 0 Å². The lowest BCUT2D eigenvalue weighted by atomic mass is 10.2. The average Bonchev–Trinajstić information content (AvgIpc) is 3.21. The number of guanidine groups is 1. The minimum atomic E-state index is -3.51. The van der Waals surface area contributed by atoms with Crippen LogP contribution in [0.15, 0.2) is 51.0 Å². The molecular formula is C19H28IN3O4S2. The van der Waals surface area contributed by atoms with Crippen molar-refractivity contribution in [2.75, 3.05) is 33.0 Å². The van der Waals surface area contributed by atoms with Gasteiger partial charge in [0.15, 0.2) is 15.8 Å². The van der Waals surface area contributed by atoms with E-state index in [1.165, 1.54) is 0 Å². The van der Waals surface area contributed by atoms with Gasteiger partial charge in [0.1, 0.15) is 9.96 Å². The van der Waals surface area contributed by atoms with Crippen molar-refractivity contribution in [3.8, 4) is 5.75 Å². The van der Waals surface area contributed by atoms with E-state index in [2.05, 4.69) is 10.3 Å². The fraction of sp³-hybridized carbons (Fsp3) is 0.421. The molecule has 2 rings (SSSR count). The molecule has 0 saturated carbocycles. The van der Waals surface area contributed by atoms with E-state index in [0.29, 0.717) is 19.0 Å². The van der Waals surface area contributed by atoms with Crippen molar-refractivity contribution in [3.63, 3.8) is 0 Å². The molecule has 29 heavy (non-hydrogen) atoms. The first-order chi connectivity index (χ1) is 13.4. The summed E-state index contributed by atoms with van der Waals surface area (Å²) in [5.74, 6) is 1.01. The molecule has 2 N–H and O–H groups in total. The highest BCUT2D eigenvalue weighted by Crippen LogP contribution is 2.19. The largest absolute Gasteiger partial charge is 0.496 e. The van der Waals surface area contributed by atoms with Crippen LogP contribution in [-0.2, 0) is 16.4 Å². The minimum Gasteiger partial charge on any atom is -0.496 e. The fourth-order valence-electron chi connectivity index (χ4n) is 2.65. The van der Waals surface area contributed by atoms with Gasteiger partial charge < -0.3 is 20.1 Å². The number of hydrogen-bond acceptors (Lipinski definition) is 6. The molecule has 0 amide bonds. The van der Waals surface area contributed by atoms with Crippen molar-refractivity contribution in [2.45, 2.75) is 23.8 Å². The maximum atomic E-state index is 12.3. The van der Waals surface area contributed by atoms with Gasteiger partial charge in [-0.05, 0) is 24.4 Å². The Morgan fingerprint density at radius 1 is 1.31 bits per heavy atom. The Kier molecular flexibility index (Phi) is 10.9. The molecule has 162 valence electrons. The number of ether oxygens (including phenoxy) is 1. The number of sulfone groups is 1. The summed E-state index contributed by atoms with van der Waals surface area (Å²) in [7, 11) is -0.000268. The van der Waals surface area contributed by atoms with E-state index in [1.54, 1.807) is 24.6 Å². The number of benzene rings is 1. The van der Waals surface area contributed by atoms with Crippen LogP contribution >= 0.6 is 35.3 Å². The zero-order valence-electron chi connectivity index (χ0n) is 16.7. The second-order valence-corrected chi connectivity index (χ2v) is 9.44. The highest BCUT2D eigenvalue weighted by molar-refractivity contribution is 14.0. The fourth-order valence-corrected chi connectivity index (χ4v) is 5.12. The van der Waals surface area contributed by atoms with Gasteiger partial charge in [-0.2, -0.15) is 0 Å². The SMILES string of the molecule is CCNC(=NCC(O)CS(=O)(=O)c1cccs1)N(C)Cc1ccccc1OC.I. The number of hydrogen-bond donors (Lipinski definition) is 2. The molecule has 0 bridgehead atoms. The average molecular weight is 553 g/mol. The summed E-state index contributed by atoms with van der Waals surface area (Å²) in [6.45, 7) is 3.14. The van der Waals surface area contributed by atoms with E-state index >= 15 is 0 Å². The number of para-hydroxylation sites is 1. The summed E-state index contributed by atoms with van der Waals surface area (Å²) in [5.41, 5.74) is 0.999. The van der Waals surface area contributed by atoms with E-state index in [-0.39, 0.29) is 40.5 Å². The number of thiophene rings is 1. The first-order valence-corrected chi connectivity index (χ1v) is 11.5. The summed E-state index contributed by atoms with van der Waals surface area (Å²) in [6.07, 6.45) is -1.08. The molecule has 0 saturated heterocycles. The Hall–Kier alpha value is -1.37. The Morgan fingerprint density at radius 3 is 2.66 bits per heavy atom. The molecule has 1 aromatic heterocycles. The van der Waals surface area contributed by atoms with Crippen LogP contribution in [0.3, 0.4) is 0 Å². The number of rotatable bonds is 9. The van der Waals surface area contributed by atoms with Crippen molar-refractivity contribution in [1.29, 1.82) is 0 Å². The molecule has 1 aromatic carbocycles. The number of nitrogens with zero attached hydrogens (tertiary/aromatic N) is 2. The van der Waals surface area contributed by atoms with E-state index < -0.39 is 15.9 Å². The highest BCUT2D eigenvalue weighted by Gasteiger charge is 2.21. The summed E-state index contributed by atoms with van der Waals surface area (Å²) < 4.78 is 30.2. The molecule has 10 heteroatoms.